The Balaban J connectivity index is 1.80. The Hall–Kier alpha value is -1.43. The molecule has 0 spiro atoms. The molecule has 128 valence electrons. The average molecular weight is 320 g/mol. The first-order valence-corrected chi connectivity index (χ1v) is 8.51. The monoisotopic (exact) mass is 320 g/mol. The zero-order valence-electron chi connectivity index (χ0n) is 14.1. The van der Waals surface area contributed by atoms with Crippen LogP contribution >= 0.6 is 0 Å². The van der Waals surface area contributed by atoms with Crippen LogP contribution < -0.4 is 0 Å². The molecule has 0 unspecified atom stereocenters. The Morgan fingerprint density at radius 1 is 1.17 bits per heavy atom. The number of aliphatic hydroxyl groups is 1. The predicted molar refractivity (Wildman–Crippen MR) is 90.1 cm³/mol. The minimum absolute atomic E-state index is 0.0950. The normalized spacial score (nSPS) is 18.7. The fraction of sp³-hybridized carbons (Fsp3) is 0.611. The molecule has 0 aliphatic carbocycles. The van der Waals surface area contributed by atoms with Crippen molar-refractivity contribution in [2.45, 2.75) is 32.5 Å². The maximum Gasteiger partial charge on any atom is 0.251 e. The van der Waals surface area contributed by atoms with Crippen LogP contribution in [0.2, 0.25) is 0 Å². The lowest BCUT2D eigenvalue weighted by Gasteiger charge is -2.37. The summed E-state index contributed by atoms with van der Waals surface area (Å²) in [5, 5.41) is 10.3. The fourth-order valence-electron chi connectivity index (χ4n) is 2.94. The first kappa shape index (κ1) is 17.9. The van der Waals surface area contributed by atoms with Crippen molar-refractivity contribution in [2.24, 2.45) is 0 Å². The Morgan fingerprint density at radius 3 is 2.39 bits per heavy atom. The third-order valence-corrected chi connectivity index (χ3v) is 4.31. The van der Waals surface area contributed by atoms with Gasteiger partial charge in [-0.1, -0.05) is 37.3 Å². The molecule has 5 nitrogen and oxygen atoms in total. The van der Waals surface area contributed by atoms with Crippen molar-refractivity contribution >= 4 is 5.91 Å². The number of rotatable bonds is 7. The van der Waals surface area contributed by atoms with Gasteiger partial charge in [0.15, 0.2) is 0 Å². The molecule has 0 saturated carbocycles. The summed E-state index contributed by atoms with van der Waals surface area (Å²) < 4.78 is 5.51. The van der Waals surface area contributed by atoms with Crippen LogP contribution in [0.25, 0.3) is 0 Å². The van der Waals surface area contributed by atoms with Gasteiger partial charge in [-0.2, -0.15) is 0 Å². The van der Waals surface area contributed by atoms with Crippen molar-refractivity contribution in [3.8, 4) is 0 Å². The molecule has 1 aromatic rings. The van der Waals surface area contributed by atoms with Crippen LogP contribution in [0.1, 0.15) is 31.9 Å². The van der Waals surface area contributed by atoms with Gasteiger partial charge in [0.25, 0.3) is 5.91 Å². The molecule has 1 aromatic carbocycles. The van der Waals surface area contributed by atoms with E-state index in [0.29, 0.717) is 32.7 Å². The van der Waals surface area contributed by atoms with E-state index in [2.05, 4.69) is 4.90 Å². The van der Waals surface area contributed by atoms with E-state index in [9.17, 15) is 9.90 Å². The van der Waals surface area contributed by atoms with Gasteiger partial charge in [0.1, 0.15) is 6.10 Å². The highest BCUT2D eigenvalue weighted by Crippen LogP contribution is 2.15. The van der Waals surface area contributed by atoms with Crippen LogP contribution in [0, 0.1) is 0 Å². The third kappa shape index (κ3) is 5.03. The van der Waals surface area contributed by atoms with E-state index in [1.54, 1.807) is 0 Å². The van der Waals surface area contributed by atoms with Crippen LogP contribution in [0.5, 0.6) is 0 Å². The van der Waals surface area contributed by atoms with Crippen molar-refractivity contribution in [3.05, 3.63) is 35.9 Å². The lowest BCUT2D eigenvalue weighted by atomic mass is 10.1. The average Bonchev–Trinajstić information content (AvgIpc) is 2.60. The molecule has 1 saturated heterocycles. The number of amides is 1. The quantitative estimate of drug-likeness (QED) is 0.830. The van der Waals surface area contributed by atoms with Crippen molar-refractivity contribution in [3.63, 3.8) is 0 Å². The number of aliphatic hydroxyl groups excluding tert-OH is 1. The molecule has 2 rings (SSSR count). The second-order valence-corrected chi connectivity index (χ2v) is 5.90. The zero-order valence-corrected chi connectivity index (χ0v) is 14.1. The van der Waals surface area contributed by atoms with Crippen LogP contribution in [-0.4, -0.2) is 66.2 Å². The first-order valence-electron chi connectivity index (χ1n) is 8.51. The molecular weight excluding hydrogens is 292 g/mol. The maximum atomic E-state index is 12.4. The maximum absolute atomic E-state index is 12.4. The highest BCUT2D eigenvalue weighted by atomic mass is 16.5. The molecule has 5 heteroatoms. The standard InChI is InChI=1S/C18H28N2O3/c1-3-17(23-4-2)18(22)20-12-10-19(11-13-20)14-16(21)15-8-6-5-7-9-15/h5-9,16-17,21H,3-4,10-14H2,1-2H3/t16-,17+/m1/s1. The Bertz CT molecular complexity index is 472. The van der Waals surface area contributed by atoms with E-state index in [1.807, 2.05) is 49.1 Å². The molecule has 1 fully saturated rings. The molecular formula is C18H28N2O3. The van der Waals surface area contributed by atoms with E-state index in [4.69, 9.17) is 4.74 Å². The van der Waals surface area contributed by atoms with Gasteiger partial charge < -0.3 is 14.7 Å². The van der Waals surface area contributed by atoms with Crippen molar-refractivity contribution in [1.29, 1.82) is 0 Å². The number of carbonyl (C=O) groups is 1. The molecule has 1 heterocycles. The van der Waals surface area contributed by atoms with E-state index >= 15 is 0 Å². The molecule has 1 N–H and O–H groups in total. The largest absolute Gasteiger partial charge is 0.387 e. The van der Waals surface area contributed by atoms with Gasteiger partial charge in [-0.05, 0) is 18.9 Å². The van der Waals surface area contributed by atoms with Crippen LogP contribution in [-0.2, 0) is 9.53 Å². The van der Waals surface area contributed by atoms with Gasteiger partial charge in [0, 0.05) is 39.3 Å². The molecule has 23 heavy (non-hydrogen) atoms. The summed E-state index contributed by atoms with van der Waals surface area (Å²) in [5.41, 5.74) is 0.938. The summed E-state index contributed by atoms with van der Waals surface area (Å²) in [7, 11) is 0. The number of carbonyl (C=O) groups excluding carboxylic acids is 1. The SMILES string of the molecule is CCO[C@@H](CC)C(=O)N1CCN(C[C@@H](O)c2ccccc2)CC1. The Labute approximate surface area is 138 Å². The Kier molecular flexibility index (Phi) is 7.02. The molecule has 0 radical (unpaired) electrons. The summed E-state index contributed by atoms with van der Waals surface area (Å²) in [6.07, 6.45) is -0.0914. The van der Waals surface area contributed by atoms with Crippen LogP contribution in [0.4, 0.5) is 0 Å². The fourth-order valence-corrected chi connectivity index (χ4v) is 2.94. The summed E-state index contributed by atoms with van der Waals surface area (Å²) in [6, 6.07) is 9.71. The van der Waals surface area contributed by atoms with E-state index < -0.39 is 6.10 Å². The van der Waals surface area contributed by atoms with Gasteiger partial charge in [-0.3, -0.25) is 9.69 Å². The molecule has 1 aliphatic rings. The van der Waals surface area contributed by atoms with Gasteiger partial charge >= 0.3 is 0 Å². The smallest absolute Gasteiger partial charge is 0.251 e. The van der Waals surface area contributed by atoms with Gasteiger partial charge in [0.2, 0.25) is 0 Å². The highest BCUT2D eigenvalue weighted by Gasteiger charge is 2.27. The summed E-state index contributed by atoms with van der Waals surface area (Å²) in [4.78, 5) is 16.5. The van der Waals surface area contributed by atoms with Crippen LogP contribution in [0.15, 0.2) is 30.3 Å². The minimum Gasteiger partial charge on any atom is -0.387 e. The number of hydrogen-bond donors (Lipinski definition) is 1. The summed E-state index contributed by atoms with van der Waals surface area (Å²) >= 11 is 0. The molecule has 1 aliphatic heterocycles. The van der Waals surface area contributed by atoms with E-state index in [-0.39, 0.29) is 12.0 Å². The predicted octanol–water partition coefficient (Wildman–Crippen LogP) is 1.68. The topological polar surface area (TPSA) is 53.0 Å². The zero-order chi connectivity index (χ0) is 16.7. The van der Waals surface area contributed by atoms with Gasteiger partial charge in [-0.15, -0.1) is 0 Å². The van der Waals surface area contributed by atoms with E-state index in [0.717, 1.165) is 18.7 Å². The number of benzene rings is 1. The van der Waals surface area contributed by atoms with E-state index in [1.165, 1.54) is 0 Å². The summed E-state index contributed by atoms with van der Waals surface area (Å²) in [5.74, 6) is 0.0950. The van der Waals surface area contributed by atoms with Gasteiger partial charge in [-0.25, -0.2) is 0 Å². The number of nitrogens with zero attached hydrogens (tertiary/aromatic N) is 2. The highest BCUT2D eigenvalue weighted by molar-refractivity contribution is 5.81. The number of ether oxygens (including phenoxy) is 1. The summed E-state index contributed by atoms with van der Waals surface area (Å²) in [6.45, 7) is 8.04. The van der Waals surface area contributed by atoms with Crippen LogP contribution in [0.3, 0.4) is 0 Å². The van der Waals surface area contributed by atoms with Crippen molar-refractivity contribution in [1.82, 2.24) is 9.80 Å². The number of piperazine rings is 1. The second kappa shape index (κ2) is 9.01. The van der Waals surface area contributed by atoms with Gasteiger partial charge in [0.05, 0.1) is 6.10 Å². The second-order valence-electron chi connectivity index (χ2n) is 5.90. The molecule has 0 bridgehead atoms. The molecule has 2 atom stereocenters. The first-order chi connectivity index (χ1) is 11.2. The molecule has 0 aromatic heterocycles. The van der Waals surface area contributed by atoms with Crippen molar-refractivity contribution < 1.29 is 14.6 Å². The number of hydrogen-bond acceptors (Lipinski definition) is 4. The molecule has 1 amide bonds. The lowest BCUT2D eigenvalue weighted by molar-refractivity contribution is -0.145. The number of β-amino-alcohol motifs (C(OH)–C–C–N with tert-alkyl or cyclic N) is 1. The third-order valence-electron chi connectivity index (χ3n) is 4.31. The Morgan fingerprint density at radius 2 is 1.83 bits per heavy atom. The lowest BCUT2D eigenvalue weighted by Crippen LogP contribution is -2.52. The van der Waals surface area contributed by atoms with Crippen molar-refractivity contribution in [2.75, 3.05) is 39.3 Å². The minimum atomic E-state index is -0.481.